The van der Waals surface area contributed by atoms with Crippen LogP contribution < -0.4 is 0 Å². The third-order valence-electron chi connectivity index (χ3n) is 6.57. The largest absolute Gasteiger partial charge is 0.418 e. The van der Waals surface area contributed by atoms with Crippen molar-refractivity contribution < 1.29 is 26.7 Å². The molecule has 1 aromatic rings. The average molecular weight is 426 g/mol. The molecule has 8 heteroatoms. The van der Waals surface area contributed by atoms with E-state index in [1.54, 1.807) is 13.0 Å². The molecule has 3 nitrogen and oxygen atoms in total. The minimum atomic E-state index is -4.76. The molecule has 0 saturated heterocycles. The highest BCUT2D eigenvalue weighted by atomic mass is 19.4. The molecule has 0 radical (unpaired) electrons. The summed E-state index contributed by atoms with van der Waals surface area (Å²) in [6, 6.07) is 1.08. The van der Waals surface area contributed by atoms with Crippen molar-refractivity contribution in [1.82, 2.24) is 4.57 Å². The Bertz CT molecular complexity index is 996. The van der Waals surface area contributed by atoms with Gasteiger partial charge in [0.2, 0.25) is 0 Å². The highest BCUT2D eigenvalue weighted by molar-refractivity contribution is 5.48. The molecule has 1 aromatic heterocycles. The normalized spacial score (nSPS) is 31.5. The highest BCUT2D eigenvalue weighted by Gasteiger charge is 2.59. The van der Waals surface area contributed by atoms with Crippen molar-refractivity contribution in [3.05, 3.63) is 58.7 Å². The number of ether oxygens (including phenoxy) is 1. The smallest absolute Gasteiger partial charge is 0.370 e. The van der Waals surface area contributed by atoms with Crippen LogP contribution in [-0.2, 0) is 22.9 Å². The second-order valence-electron chi connectivity index (χ2n) is 8.10. The first-order valence-electron chi connectivity index (χ1n) is 9.52. The van der Waals surface area contributed by atoms with Crippen LogP contribution in [0.1, 0.15) is 50.1 Å². The van der Waals surface area contributed by atoms with Gasteiger partial charge in [-0.05, 0) is 38.3 Å². The van der Waals surface area contributed by atoms with Crippen LogP contribution in [0.25, 0.3) is 0 Å². The number of nitrogens with zero attached hydrogens (tertiary/aromatic N) is 2. The molecule has 0 fully saturated rings. The minimum Gasteiger partial charge on any atom is -0.370 e. The second kappa shape index (κ2) is 7.09. The average Bonchev–Trinajstić information content (AvgIpc) is 3.06. The summed E-state index contributed by atoms with van der Waals surface area (Å²) in [5.41, 5.74) is -5.17. The van der Waals surface area contributed by atoms with E-state index in [9.17, 15) is 22.8 Å². The summed E-state index contributed by atoms with van der Waals surface area (Å²) < 4.78 is 78.9. The summed E-state index contributed by atoms with van der Waals surface area (Å²) in [5.74, 6) is -1.39. The number of halogens is 5. The zero-order valence-corrected chi connectivity index (χ0v) is 17.2. The molecule has 2 aliphatic rings. The van der Waals surface area contributed by atoms with E-state index in [-0.39, 0.29) is 35.2 Å². The lowest BCUT2D eigenvalue weighted by Crippen LogP contribution is -2.52. The summed E-state index contributed by atoms with van der Waals surface area (Å²) in [7, 11) is 1.18. The Morgan fingerprint density at radius 1 is 1.40 bits per heavy atom. The van der Waals surface area contributed by atoms with Crippen molar-refractivity contribution in [2.45, 2.75) is 57.1 Å². The van der Waals surface area contributed by atoms with E-state index >= 15 is 4.39 Å². The Morgan fingerprint density at radius 3 is 2.53 bits per heavy atom. The molecular formula is C22H23F5N2O. The van der Waals surface area contributed by atoms with Crippen molar-refractivity contribution in [2.75, 3.05) is 7.11 Å². The maximum absolute atomic E-state index is 16.0. The van der Waals surface area contributed by atoms with Gasteiger partial charge in [-0.15, -0.1) is 0 Å². The van der Waals surface area contributed by atoms with Crippen LogP contribution >= 0.6 is 0 Å². The number of allylic oxidation sites excluding steroid dienone is 4. The van der Waals surface area contributed by atoms with Gasteiger partial charge >= 0.3 is 6.18 Å². The summed E-state index contributed by atoms with van der Waals surface area (Å²) >= 11 is 0. The number of aromatic nitrogens is 1. The number of rotatable bonds is 3. The fourth-order valence-electron chi connectivity index (χ4n) is 4.76. The summed E-state index contributed by atoms with van der Waals surface area (Å²) in [6.07, 6.45) is -1.41. The second-order valence-corrected chi connectivity index (χ2v) is 8.10. The van der Waals surface area contributed by atoms with Crippen LogP contribution in [-0.4, -0.2) is 17.3 Å². The first kappa shape index (κ1) is 22.3. The molecule has 3 rings (SSSR count). The summed E-state index contributed by atoms with van der Waals surface area (Å²) in [6.45, 7) is 7.98. The molecule has 30 heavy (non-hydrogen) atoms. The SMILES string of the molecule is C=C(C)C1(F)CCc2c(c(C(F)(F)F)cn2C2C=CC(F)=C(C#N)C2C)C1(C)OC. The van der Waals surface area contributed by atoms with Crippen molar-refractivity contribution >= 4 is 0 Å². The van der Waals surface area contributed by atoms with Gasteiger partial charge in [-0.3, -0.25) is 0 Å². The highest BCUT2D eigenvalue weighted by Crippen LogP contribution is 2.55. The van der Waals surface area contributed by atoms with E-state index < -0.39 is 40.8 Å². The molecule has 0 saturated carbocycles. The van der Waals surface area contributed by atoms with Crippen molar-refractivity contribution in [2.24, 2.45) is 5.92 Å². The van der Waals surface area contributed by atoms with E-state index in [0.29, 0.717) is 0 Å². The predicted octanol–water partition coefficient (Wildman–Crippen LogP) is 6.09. The zero-order chi connectivity index (χ0) is 22.6. The Balaban J connectivity index is 2.29. The third-order valence-corrected chi connectivity index (χ3v) is 6.57. The van der Waals surface area contributed by atoms with E-state index in [2.05, 4.69) is 6.58 Å². The maximum Gasteiger partial charge on any atom is 0.418 e. The van der Waals surface area contributed by atoms with Crippen LogP contribution in [0.3, 0.4) is 0 Å². The van der Waals surface area contributed by atoms with Crippen molar-refractivity contribution in [3.63, 3.8) is 0 Å². The van der Waals surface area contributed by atoms with Gasteiger partial charge in [-0.1, -0.05) is 19.6 Å². The molecule has 0 aliphatic heterocycles. The van der Waals surface area contributed by atoms with Crippen LogP contribution in [0, 0.1) is 17.2 Å². The Hall–Kier alpha value is -2.40. The number of hydrogen-bond donors (Lipinski definition) is 0. The van der Waals surface area contributed by atoms with Crippen molar-refractivity contribution in [3.8, 4) is 6.07 Å². The summed E-state index contributed by atoms with van der Waals surface area (Å²) in [5, 5.41) is 9.27. The standard InChI is InChI=1S/C22H23F5N2O/c1-12(2)21(24)9-8-18-19(20(21,4)30-5)15(22(25,26)27)11-29(18)17-7-6-16(23)14(10-28)13(17)3/h6-7,11,13,17H,1,8-9H2,2-5H3. The zero-order valence-electron chi connectivity index (χ0n) is 17.2. The van der Waals surface area contributed by atoms with Crippen LogP contribution in [0.4, 0.5) is 22.0 Å². The van der Waals surface area contributed by atoms with E-state index in [0.717, 1.165) is 12.3 Å². The molecule has 0 N–H and O–H groups in total. The van der Waals surface area contributed by atoms with Gasteiger partial charge < -0.3 is 9.30 Å². The number of hydrogen-bond acceptors (Lipinski definition) is 2. The van der Waals surface area contributed by atoms with Crippen LogP contribution in [0.2, 0.25) is 0 Å². The van der Waals surface area contributed by atoms with E-state index in [1.807, 2.05) is 0 Å². The number of fused-ring (bicyclic) bond motifs is 1. The van der Waals surface area contributed by atoms with Gasteiger partial charge in [0.1, 0.15) is 11.4 Å². The molecule has 2 aliphatic carbocycles. The van der Waals surface area contributed by atoms with Crippen LogP contribution in [0.5, 0.6) is 0 Å². The Morgan fingerprint density at radius 2 is 2.03 bits per heavy atom. The lowest BCUT2D eigenvalue weighted by atomic mass is 9.68. The van der Waals surface area contributed by atoms with Crippen molar-refractivity contribution in [1.29, 1.82) is 5.26 Å². The molecule has 0 aromatic carbocycles. The quantitative estimate of drug-likeness (QED) is 0.433. The van der Waals surface area contributed by atoms with Gasteiger partial charge in [0, 0.05) is 30.5 Å². The van der Waals surface area contributed by atoms with Gasteiger partial charge in [-0.25, -0.2) is 8.78 Å². The monoisotopic (exact) mass is 426 g/mol. The van der Waals surface area contributed by atoms with Crippen LogP contribution in [0.15, 0.2) is 41.9 Å². The Labute approximate surface area is 172 Å². The number of methoxy groups -OCH3 is 1. The van der Waals surface area contributed by atoms with E-state index in [1.165, 1.54) is 31.6 Å². The van der Waals surface area contributed by atoms with Gasteiger partial charge in [0.05, 0.1) is 23.2 Å². The Kier molecular flexibility index (Phi) is 5.26. The van der Waals surface area contributed by atoms with Gasteiger partial charge in [-0.2, -0.15) is 18.4 Å². The fourth-order valence-corrected chi connectivity index (χ4v) is 4.76. The molecule has 4 unspecified atom stereocenters. The molecule has 0 spiro atoms. The number of nitriles is 1. The molecule has 1 heterocycles. The minimum absolute atomic E-state index is 0.0128. The third kappa shape index (κ3) is 2.94. The molecule has 4 atom stereocenters. The maximum atomic E-state index is 16.0. The first-order valence-corrected chi connectivity index (χ1v) is 9.52. The van der Waals surface area contributed by atoms with Gasteiger partial charge in [0.15, 0.2) is 5.67 Å². The fraction of sp³-hybridized carbons (Fsp3) is 0.500. The molecule has 0 bridgehead atoms. The summed E-state index contributed by atoms with van der Waals surface area (Å²) in [4.78, 5) is 0. The molecular weight excluding hydrogens is 403 g/mol. The molecule has 0 amide bonds. The molecule has 162 valence electrons. The lowest BCUT2D eigenvalue weighted by molar-refractivity contribution is -0.149. The first-order chi connectivity index (χ1) is 13.8. The van der Waals surface area contributed by atoms with Gasteiger partial charge in [0.25, 0.3) is 0 Å². The predicted molar refractivity (Wildman–Crippen MR) is 102 cm³/mol. The number of alkyl halides is 4. The lowest BCUT2D eigenvalue weighted by Gasteiger charge is -2.47. The van der Waals surface area contributed by atoms with E-state index in [4.69, 9.17) is 4.74 Å². The topological polar surface area (TPSA) is 38.0 Å².